The SMILES string of the molecule is Cc1ccc([C@H](C)NC(=O)c2cc(C(F)(F)F)cnc2NCc2ccc(-c3ccc4ncc5ncn(C)c5c4c3)s2)cc1F. The number of carbonyl (C=O) groups is 1. The van der Waals surface area contributed by atoms with Crippen molar-refractivity contribution in [2.24, 2.45) is 7.05 Å². The molecule has 0 aliphatic heterocycles. The highest BCUT2D eigenvalue weighted by Crippen LogP contribution is 2.34. The number of aromatic nitrogens is 4. The molecule has 0 unspecified atom stereocenters. The molecule has 0 fully saturated rings. The van der Waals surface area contributed by atoms with Gasteiger partial charge in [0.05, 0.1) is 47.3 Å². The van der Waals surface area contributed by atoms with E-state index in [4.69, 9.17) is 0 Å². The first-order chi connectivity index (χ1) is 21.0. The molecule has 0 spiro atoms. The fourth-order valence-corrected chi connectivity index (χ4v) is 5.91. The van der Waals surface area contributed by atoms with Gasteiger partial charge in [-0.25, -0.2) is 14.4 Å². The van der Waals surface area contributed by atoms with Gasteiger partial charge < -0.3 is 15.2 Å². The number of pyridine rings is 2. The van der Waals surface area contributed by atoms with Crippen LogP contribution in [0, 0.1) is 12.7 Å². The molecule has 0 bridgehead atoms. The van der Waals surface area contributed by atoms with Gasteiger partial charge >= 0.3 is 6.18 Å². The number of benzene rings is 2. The summed E-state index contributed by atoms with van der Waals surface area (Å²) in [6.45, 7) is 3.47. The number of nitrogens with zero attached hydrogens (tertiary/aromatic N) is 4. The monoisotopic (exact) mass is 618 g/mol. The normalized spacial score (nSPS) is 12.5. The van der Waals surface area contributed by atoms with Gasteiger partial charge in [-0.1, -0.05) is 18.2 Å². The molecule has 0 aliphatic carbocycles. The summed E-state index contributed by atoms with van der Waals surface area (Å²) in [5, 5.41) is 6.67. The molecule has 6 aromatic rings. The summed E-state index contributed by atoms with van der Waals surface area (Å²) in [4.78, 5) is 27.9. The first kappa shape index (κ1) is 29.2. The van der Waals surface area contributed by atoms with E-state index in [1.165, 1.54) is 17.4 Å². The van der Waals surface area contributed by atoms with Crippen LogP contribution in [-0.2, 0) is 19.8 Å². The van der Waals surface area contributed by atoms with Gasteiger partial charge in [0.2, 0.25) is 0 Å². The van der Waals surface area contributed by atoms with Crippen LogP contribution in [0.15, 0.2) is 73.3 Å². The highest BCUT2D eigenvalue weighted by atomic mass is 32.1. The molecule has 4 aromatic heterocycles. The number of fused-ring (bicyclic) bond motifs is 3. The van der Waals surface area contributed by atoms with E-state index in [0.29, 0.717) is 17.3 Å². The number of halogens is 4. The fraction of sp³-hybridized carbons (Fsp3) is 0.188. The van der Waals surface area contributed by atoms with Crippen LogP contribution in [0.5, 0.6) is 0 Å². The molecule has 0 saturated heterocycles. The Balaban J connectivity index is 1.24. The minimum absolute atomic E-state index is 0.00289. The number of thiophene rings is 1. The van der Waals surface area contributed by atoms with Crippen LogP contribution in [0.4, 0.5) is 23.4 Å². The molecule has 4 heterocycles. The largest absolute Gasteiger partial charge is 0.417 e. The van der Waals surface area contributed by atoms with E-state index in [0.717, 1.165) is 43.3 Å². The molecule has 0 radical (unpaired) electrons. The topological polar surface area (TPSA) is 84.7 Å². The Hall–Kier alpha value is -4.84. The maximum Gasteiger partial charge on any atom is 0.417 e. The lowest BCUT2D eigenvalue weighted by molar-refractivity contribution is -0.137. The molecular formula is C32H26F4N6OS. The molecule has 12 heteroatoms. The minimum atomic E-state index is -4.69. The lowest BCUT2D eigenvalue weighted by Crippen LogP contribution is -2.28. The Morgan fingerprint density at radius 1 is 1.00 bits per heavy atom. The number of rotatable bonds is 7. The number of carbonyl (C=O) groups excluding carboxylic acids is 1. The van der Waals surface area contributed by atoms with Gasteiger partial charge in [0.15, 0.2) is 0 Å². The van der Waals surface area contributed by atoms with Gasteiger partial charge in [-0.2, -0.15) is 13.2 Å². The second-order valence-electron chi connectivity index (χ2n) is 10.5. The molecule has 44 heavy (non-hydrogen) atoms. The van der Waals surface area contributed by atoms with Crippen LogP contribution < -0.4 is 10.6 Å². The highest BCUT2D eigenvalue weighted by Gasteiger charge is 2.33. The molecule has 1 atom stereocenters. The van der Waals surface area contributed by atoms with Crippen molar-refractivity contribution in [1.82, 2.24) is 24.8 Å². The minimum Gasteiger partial charge on any atom is -0.365 e. The summed E-state index contributed by atoms with van der Waals surface area (Å²) < 4.78 is 56.6. The fourth-order valence-electron chi connectivity index (χ4n) is 4.96. The molecular weight excluding hydrogens is 592 g/mol. The summed E-state index contributed by atoms with van der Waals surface area (Å²) in [6.07, 6.45) is -0.495. The van der Waals surface area contributed by atoms with Crippen molar-refractivity contribution >= 4 is 45.0 Å². The Labute approximate surface area is 253 Å². The number of hydrogen-bond acceptors (Lipinski definition) is 6. The Bertz CT molecular complexity index is 2030. The van der Waals surface area contributed by atoms with Gasteiger partial charge in [-0.05, 0) is 66.9 Å². The molecule has 0 saturated carbocycles. The maximum atomic E-state index is 14.1. The Kier molecular flexibility index (Phi) is 7.54. The van der Waals surface area contributed by atoms with Crippen LogP contribution in [-0.4, -0.2) is 25.4 Å². The number of aryl methyl sites for hydroxylation is 2. The highest BCUT2D eigenvalue weighted by molar-refractivity contribution is 7.15. The van der Waals surface area contributed by atoms with Crippen molar-refractivity contribution in [3.05, 3.63) is 106 Å². The van der Waals surface area contributed by atoms with Crippen LogP contribution in [0.1, 0.15) is 44.9 Å². The van der Waals surface area contributed by atoms with E-state index in [2.05, 4.69) is 31.7 Å². The van der Waals surface area contributed by atoms with E-state index in [1.54, 1.807) is 38.5 Å². The molecule has 7 nitrogen and oxygen atoms in total. The number of alkyl halides is 3. The van der Waals surface area contributed by atoms with E-state index < -0.39 is 29.5 Å². The molecule has 0 aliphatic rings. The van der Waals surface area contributed by atoms with Crippen molar-refractivity contribution in [1.29, 1.82) is 0 Å². The van der Waals surface area contributed by atoms with Crippen molar-refractivity contribution in [2.45, 2.75) is 32.6 Å². The number of imidazole rings is 1. The molecule has 2 N–H and O–H groups in total. The molecule has 6 rings (SSSR count). The maximum absolute atomic E-state index is 14.1. The van der Waals surface area contributed by atoms with E-state index in [9.17, 15) is 22.4 Å². The molecule has 1 amide bonds. The summed E-state index contributed by atoms with van der Waals surface area (Å²) >= 11 is 1.51. The third-order valence-corrected chi connectivity index (χ3v) is 8.56. The molecule has 2 aromatic carbocycles. The summed E-state index contributed by atoms with van der Waals surface area (Å²) in [5.41, 5.74) is 3.24. The number of anilines is 1. The molecule has 224 valence electrons. The number of hydrogen-bond donors (Lipinski definition) is 2. The van der Waals surface area contributed by atoms with Gasteiger partial charge in [0, 0.05) is 28.4 Å². The number of nitrogens with one attached hydrogen (secondary N) is 2. The average Bonchev–Trinajstić information content (AvgIpc) is 3.63. The van der Waals surface area contributed by atoms with Gasteiger partial charge in [-0.3, -0.25) is 9.78 Å². The predicted molar refractivity (Wildman–Crippen MR) is 163 cm³/mol. The predicted octanol–water partition coefficient (Wildman–Crippen LogP) is 7.81. The summed E-state index contributed by atoms with van der Waals surface area (Å²) in [5.74, 6) is -1.20. The quantitative estimate of drug-likeness (QED) is 0.178. The smallest absolute Gasteiger partial charge is 0.365 e. The zero-order chi connectivity index (χ0) is 31.2. The summed E-state index contributed by atoms with van der Waals surface area (Å²) in [6, 6.07) is 14.5. The van der Waals surface area contributed by atoms with Gasteiger partial charge in [0.25, 0.3) is 5.91 Å². The van der Waals surface area contributed by atoms with Crippen molar-refractivity contribution in [3.63, 3.8) is 0 Å². The van der Waals surface area contributed by atoms with Crippen LogP contribution in [0.2, 0.25) is 0 Å². The lowest BCUT2D eigenvalue weighted by atomic mass is 10.1. The lowest BCUT2D eigenvalue weighted by Gasteiger charge is -2.18. The zero-order valence-corrected chi connectivity index (χ0v) is 24.6. The van der Waals surface area contributed by atoms with Crippen molar-refractivity contribution < 1.29 is 22.4 Å². The van der Waals surface area contributed by atoms with E-state index >= 15 is 0 Å². The van der Waals surface area contributed by atoms with Crippen LogP contribution in [0.25, 0.3) is 32.4 Å². The second-order valence-corrected chi connectivity index (χ2v) is 11.7. The standard InChI is InChI=1S/C32H26F4N6OS/c1-17-4-5-19(11-25(17)33)18(2)41-31(43)24-12-21(32(34,35)36)13-38-30(24)39-14-22-7-9-28(44-22)20-6-8-26-23(10-20)29-27(15-37-26)40-16-42(29)3/h4-13,15-16,18H,14H2,1-3H3,(H,38,39)(H,41,43)/t18-/m0/s1. The van der Waals surface area contributed by atoms with E-state index in [-0.39, 0.29) is 17.9 Å². The van der Waals surface area contributed by atoms with Crippen LogP contribution in [0.3, 0.4) is 0 Å². The second kappa shape index (κ2) is 11.3. The Morgan fingerprint density at radius 2 is 1.82 bits per heavy atom. The zero-order valence-electron chi connectivity index (χ0n) is 23.8. The average molecular weight is 619 g/mol. The number of amides is 1. The first-order valence-electron chi connectivity index (χ1n) is 13.6. The van der Waals surface area contributed by atoms with Crippen molar-refractivity contribution in [2.75, 3.05) is 5.32 Å². The van der Waals surface area contributed by atoms with E-state index in [1.807, 2.05) is 35.9 Å². The van der Waals surface area contributed by atoms with Gasteiger partial charge in [0.1, 0.15) is 17.2 Å². The summed E-state index contributed by atoms with van der Waals surface area (Å²) in [7, 11) is 1.93. The van der Waals surface area contributed by atoms with Gasteiger partial charge in [-0.15, -0.1) is 11.3 Å². The Morgan fingerprint density at radius 3 is 2.59 bits per heavy atom. The first-order valence-corrected chi connectivity index (χ1v) is 14.5. The third-order valence-electron chi connectivity index (χ3n) is 7.42. The van der Waals surface area contributed by atoms with Crippen LogP contribution >= 0.6 is 11.3 Å². The third kappa shape index (κ3) is 5.72. The van der Waals surface area contributed by atoms with Crippen molar-refractivity contribution in [3.8, 4) is 10.4 Å².